The Morgan fingerprint density at radius 2 is 1.83 bits per heavy atom. The Hall–Kier alpha value is -2.28. The molecule has 0 aliphatic carbocycles. The Kier molecular flexibility index (Phi) is 4.38. The summed E-state index contributed by atoms with van der Waals surface area (Å²) in [5.74, 6) is 2.90. The van der Waals surface area contributed by atoms with Gasteiger partial charge in [-0.1, -0.05) is 0 Å². The van der Waals surface area contributed by atoms with Crippen LogP contribution in [-0.4, -0.2) is 31.5 Å². The highest BCUT2D eigenvalue weighted by molar-refractivity contribution is 7.98. The molecule has 3 aromatic rings. The number of anilines is 2. The summed E-state index contributed by atoms with van der Waals surface area (Å²) in [6.07, 6.45) is 3.21. The lowest BCUT2D eigenvalue weighted by Gasteiger charge is -2.07. The van der Waals surface area contributed by atoms with E-state index in [1.807, 2.05) is 30.8 Å². The molecule has 0 aliphatic rings. The van der Waals surface area contributed by atoms with Gasteiger partial charge in [-0.25, -0.2) is 15.0 Å². The molecule has 3 heterocycles. The third-order valence-electron chi connectivity index (χ3n) is 3.67. The van der Waals surface area contributed by atoms with E-state index in [1.165, 1.54) is 0 Å². The lowest BCUT2D eigenvalue weighted by molar-refractivity contribution is 0.675. The summed E-state index contributed by atoms with van der Waals surface area (Å²) in [6, 6.07) is 7.50. The Morgan fingerprint density at radius 1 is 1.09 bits per heavy atom. The fourth-order valence-corrected chi connectivity index (χ4v) is 3.05. The minimum Gasteiger partial charge on any atom is -0.384 e. The van der Waals surface area contributed by atoms with E-state index < -0.39 is 0 Å². The summed E-state index contributed by atoms with van der Waals surface area (Å²) in [7, 11) is 0. The highest BCUT2D eigenvalue weighted by Crippen LogP contribution is 2.24. The van der Waals surface area contributed by atoms with Crippen LogP contribution in [0.3, 0.4) is 0 Å². The Bertz CT molecular complexity index is 822. The number of hydrogen-bond donors (Lipinski definition) is 2. The molecule has 3 aromatic heterocycles. The molecule has 120 valence electrons. The average molecular weight is 328 g/mol. The third-order valence-corrected chi connectivity index (χ3v) is 4.37. The summed E-state index contributed by atoms with van der Waals surface area (Å²) in [4.78, 5) is 13.4. The second-order valence-electron chi connectivity index (χ2n) is 5.40. The summed E-state index contributed by atoms with van der Waals surface area (Å²) >= 11 is 1.85. The van der Waals surface area contributed by atoms with E-state index in [4.69, 9.17) is 16.5 Å². The van der Waals surface area contributed by atoms with Crippen molar-refractivity contribution >= 4 is 34.6 Å². The molecule has 7 heteroatoms. The fourth-order valence-electron chi connectivity index (χ4n) is 2.63. The van der Waals surface area contributed by atoms with E-state index in [9.17, 15) is 0 Å². The lowest BCUT2D eigenvalue weighted by Crippen LogP contribution is -2.03. The van der Waals surface area contributed by atoms with E-state index in [2.05, 4.69) is 20.8 Å². The highest BCUT2D eigenvalue weighted by Gasteiger charge is 2.11. The van der Waals surface area contributed by atoms with Crippen molar-refractivity contribution in [1.29, 1.82) is 0 Å². The first-order valence-electron chi connectivity index (χ1n) is 7.44. The molecular weight excluding hydrogens is 308 g/mol. The van der Waals surface area contributed by atoms with E-state index in [-0.39, 0.29) is 0 Å². The van der Waals surface area contributed by atoms with Crippen LogP contribution in [0.25, 0.3) is 22.4 Å². The van der Waals surface area contributed by atoms with Crippen LogP contribution in [0.4, 0.5) is 11.6 Å². The summed E-state index contributed by atoms with van der Waals surface area (Å²) in [5, 5.41) is 0. The Labute approximate surface area is 139 Å². The van der Waals surface area contributed by atoms with Crippen LogP contribution < -0.4 is 11.5 Å². The van der Waals surface area contributed by atoms with Crippen molar-refractivity contribution in [2.45, 2.75) is 19.9 Å². The number of aromatic nitrogens is 4. The zero-order valence-electron chi connectivity index (χ0n) is 13.3. The number of aryl methyl sites for hydroxylation is 2. The van der Waals surface area contributed by atoms with E-state index in [0.29, 0.717) is 11.6 Å². The van der Waals surface area contributed by atoms with Crippen molar-refractivity contribution in [3.8, 4) is 11.3 Å². The average Bonchev–Trinajstić information content (AvgIpc) is 2.82. The van der Waals surface area contributed by atoms with Crippen LogP contribution in [0.5, 0.6) is 0 Å². The minimum absolute atomic E-state index is 0.395. The third kappa shape index (κ3) is 3.24. The van der Waals surface area contributed by atoms with Crippen LogP contribution >= 0.6 is 11.8 Å². The number of hydrogen-bond acceptors (Lipinski definition) is 6. The molecule has 0 unspecified atom stereocenters. The molecule has 0 spiro atoms. The van der Waals surface area contributed by atoms with Crippen molar-refractivity contribution in [1.82, 2.24) is 19.5 Å². The smallest absolute Gasteiger partial charge is 0.160 e. The molecule has 0 radical (unpaired) electrons. The van der Waals surface area contributed by atoms with Crippen LogP contribution in [0.15, 0.2) is 24.3 Å². The number of pyridine rings is 2. The van der Waals surface area contributed by atoms with Gasteiger partial charge in [-0.15, -0.1) is 0 Å². The largest absolute Gasteiger partial charge is 0.384 e. The number of fused-ring (bicyclic) bond motifs is 1. The quantitative estimate of drug-likeness (QED) is 0.699. The molecule has 0 fully saturated rings. The number of rotatable bonds is 5. The number of nitrogens with zero attached hydrogens (tertiary/aromatic N) is 4. The second kappa shape index (κ2) is 6.45. The van der Waals surface area contributed by atoms with Gasteiger partial charge in [0.15, 0.2) is 5.65 Å². The van der Waals surface area contributed by atoms with Gasteiger partial charge in [-0.2, -0.15) is 11.8 Å². The molecule has 4 N–H and O–H groups in total. The maximum absolute atomic E-state index is 5.79. The zero-order valence-corrected chi connectivity index (χ0v) is 14.1. The van der Waals surface area contributed by atoms with Crippen LogP contribution in [0, 0.1) is 6.92 Å². The standard InChI is InChI=1S/C16H20N6S/c1-10-19-13-5-4-12(11-8-14(17)21-15(18)9-11)20-16(13)22(10)6-3-7-23-2/h4-5,8-9H,3,6-7H2,1-2H3,(H4,17,18,21). The van der Waals surface area contributed by atoms with Crippen LogP contribution in [0.2, 0.25) is 0 Å². The molecule has 0 aromatic carbocycles. The number of imidazole rings is 1. The number of nitrogen functional groups attached to an aromatic ring is 2. The van der Waals surface area contributed by atoms with E-state index in [1.54, 1.807) is 12.1 Å². The van der Waals surface area contributed by atoms with Crippen LogP contribution in [0.1, 0.15) is 12.2 Å². The van der Waals surface area contributed by atoms with Gasteiger partial charge in [-0.3, -0.25) is 0 Å². The maximum atomic E-state index is 5.79. The summed E-state index contributed by atoms with van der Waals surface area (Å²) in [6.45, 7) is 2.93. The highest BCUT2D eigenvalue weighted by atomic mass is 32.2. The molecule has 6 nitrogen and oxygen atoms in total. The zero-order chi connectivity index (χ0) is 16.4. The maximum Gasteiger partial charge on any atom is 0.160 e. The lowest BCUT2D eigenvalue weighted by atomic mass is 10.1. The van der Waals surface area contributed by atoms with Gasteiger partial charge < -0.3 is 16.0 Å². The van der Waals surface area contributed by atoms with Gasteiger partial charge in [0, 0.05) is 12.1 Å². The number of thioether (sulfide) groups is 1. The van der Waals surface area contributed by atoms with Crippen molar-refractivity contribution in [2.24, 2.45) is 0 Å². The van der Waals surface area contributed by atoms with Crippen LogP contribution in [-0.2, 0) is 6.54 Å². The second-order valence-corrected chi connectivity index (χ2v) is 6.39. The van der Waals surface area contributed by atoms with Gasteiger partial charge in [0.25, 0.3) is 0 Å². The molecule has 0 saturated carbocycles. The fraction of sp³-hybridized carbons (Fsp3) is 0.312. The Balaban J connectivity index is 2.04. The van der Waals surface area contributed by atoms with Gasteiger partial charge in [-0.05, 0) is 49.6 Å². The normalized spacial score (nSPS) is 11.2. The van der Waals surface area contributed by atoms with Crippen molar-refractivity contribution in [3.63, 3.8) is 0 Å². The van der Waals surface area contributed by atoms with Crippen molar-refractivity contribution in [2.75, 3.05) is 23.5 Å². The van der Waals surface area contributed by atoms with Gasteiger partial charge >= 0.3 is 0 Å². The first-order valence-corrected chi connectivity index (χ1v) is 8.84. The molecule has 23 heavy (non-hydrogen) atoms. The predicted molar refractivity (Wildman–Crippen MR) is 97.3 cm³/mol. The van der Waals surface area contributed by atoms with E-state index in [0.717, 1.165) is 47.0 Å². The van der Waals surface area contributed by atoms with E-state index >= 15 is 0 Å². The van der Waals surface area contributed by atoms with Crippen molar-refractivity contribution < 1.29 is 0 Å². The predicted octanol–water partition coefficient (Wildman–Crippen LogP) is 2.72. The van der Waals surface area contributed by atoms with Gasteiger partial charge in [0.05, 0.1) is 5.69 Å². The molecule has 0 atom stereocenters. The SMILES string of the molecule is CSCCCn1c(C)nc2ccc(-c3cc(N)nc(N)c3)nc21. The molecule has 0 amide bonds. The summed E-state index contributed by atoms with van der Waals surface area (Å²) in [5.41, 5.74) is 15.1. The molecule has 0 aliphatic heterocycles. The first kappa shape index (κ1) is 15.6. The molecule has 0 saturated heterocycles. The van der Waals surface area contributed by atoms with Gasteiger partial charge in [0.2, 0.25) is 0 Å². The topological polar surface area (TPSA) is 95.6 Å². The molecule has 0 bridgehead atoms. The first-order chi connectivity index (χ1) is 11.1. The van der Waals surface area contributed by atoms with Gasteiger partial charge in [0.1, 0.15) is 23.0 Å². The molecular formula is C16H20N6S. The van der Waals surface area contributed by atoms with Crippen molar-refractivity contribution in [3.05, 3.63) is 30.1 Å². The monoisotopic (exact) mass is 328 g/mol. The summed E-state index contributed by atoms with van der Waals surface area (Å²) < 4.78 is 2.17. The molecule has 3 rings (SSSR count). The minimum atomic E-state index is 0.395. The Morgan fingerprint density at radius 3 is 2.52 bits per heavy atom. The number of nitrogens with two attached hydrogens (primary N) is 2.